The molecule has 2 atom stereocenters. The molecule has 16 heavy (non-hydrogen) atoms. The van der Waals surface area contributed by atoms with E-state index in [1.807, 2.05) is 6.07 Å². The number of hydrogen-bond donors (Lipinski definition) is 1. The number of aliphatic hydroxyl groups is 1. The molecule has 0 heterocycles. The summed E-state index contributed by atoms with van der Waals surface area (Å²) in [6, 6.07) is 10.5. The molecule has 2 fully saturated rings. The molecule has 2 unspecified atom stereocenters. The van der Waals surface area contributed by atoms with Gasteiger partial charge < -0.3 is 9.84 Å². The predicted molar refractivity (Wildman–Crippen MR) is 62.3 cm³/mol. The van der Waals surface area contributed by atoms with Crippen molar-refractivity contribution in [3.05, 3.63) is 35.9 Å². The fraction of sp³-hybridized carbons (Fsp3) is 0.571. The summed E-state index contributed by atoms with van der Waals surface area (Å²) in [6.07, 6.45) is 3.05. The summed E-state index contributed by atoms with van der Waals surface area (Å²) in [5.41, 5.74) is 0.933. The third kappa shape index (κ3) is 1.57. The second-order valence-corrected chi connectivity index (χ2v) is 5.23. The molecule has 2 aliphatic carbocycles. The van der Waals surface area contributed by atoms with Crippen LogP contribution >= 0.6 is 0 Å². The number of ether oxygens (including phenoxy) is 1. The normalized spacial score (nSPS) is 41.5. The second kappa shape index (κ2) is 3.57. The quantitative estimate of drug-likeness (QED) is 0.843. The average Bonchev–Trinajstić information content (AvgIpc) is 3.06. The number of rotatable bonds is 3. The molecule has 0 aliphatic heterocycles. The number of benzene rings is 1. The minimum absolute atomic E-state index is 0.280. The summed E-state index contributed by atoms with van der Waals surface area (Å²) in [5, 5.41) is 10.4. The fourth-order valence-corrected chi connectivity index (χ4v) is 3.06. The first-order chi connectivity index (χ1) is 7.73. The van der Waals surface area contributed by atoms with E-state index in [9.17, 15) is 5.11 Å². The van der Waals surface area contributed by atoms with Crippen molar-refractivity contribution in [2.24, 2.45) is 5.92 Å². The smallest absolute Gasteiger partial charge is 0.0731 e. The van der Waals surface area contributed by atoms with Crippen molar-refractivity contribution in [2.45, 2.75) is 36.9 Å². The SMILES string of the molecule is COC1CC(O)(C2CC2c2ccccc2)C1. The zero-order chi connectivity index (χ0) is 11.2. The van der Waals surface area contributed by atoms with Gasteiger partial charge >= 0.3 is 0 Å². The molecule has 0 spiro atoms. The standard InChI is InChI=1S/C14H18O2/c1-16-11-8-14(15,9-11)13-7-12(13)10-5-3-2-4-6-10/h2-6,11-13,15H,7-9H2,1H3. The van der Waals surface area contributed by atoms with E-state index in [1.54, 1.807) is 7.11 Å². The van der Waals surface area contributed by atoms with Crippen molar-refractivity contribution >= 4 is 0 Å². The predicted octanol–water partition coefficient (Wildman–Crippen LogP) is 2.33. The molecule has 2 nitrogen and oxygen atoms in total. The first-order valence-electron chi connectivity index (χ1n) is 6.03. The Morgan fingerprint density at radius 3 is 2.56 bits per heavy atom. The van der Waals surface area contributed by atoms with E-state index in [0.29, 0.717) is 11.8 Å². The van der Waals surface area contributed by atoms with Crippen LogP contribution in [0.1, 0.15) is 30.7 Å². The van der Waals surface area contributed by atoms with E-state index >= 15 is 0 Å². The molecule has 0 saturated heterocycles. The summed E-state index contributed by atoms with van der Waals surface area (Å²) < 4.78 is 5.24. The van der Waals surface area contributed by atoms with Gasteiger partial charge in [0.2, 0.25) is 0 Å². The van der Waals surface area contributed by atoms with Gasteiger partial charge in [0.15, 0.2) is 0 Å². The lowest BCUT2D eigenvalue weighted by molar-refractivity contribution is -0.140. The van der Waals surface area contributed by atoms with Gasteiger partial charge in [0, 0.05) is 20.0 Å². The number of methoxy groups -OCH3 is 1. The van der Waals surface area contributed by atoms with Crippen LogP contribution in [0.3, 0.4) is 0 Å². The molecule has 0 aromatic heterocycles. The van der Waals surface area contributed by atoms with Crippen molar-refractivity contribution in [3.8, 4) is 0 Å². The van der Waals surface area contributed by atoms with Crippen LogP contribution in [0.25, 0.3) is 0 Å². The van der Waals surface area contributed by atoms with Gasteiger partial charge in [0.25, 0.3) is 0 Å². The highest BCUT2D eigenvalue weighted by atomic mass is 16.5. The Labute approximate surface area is 96.2 Å². The molecule has 1 aromatic carbocycles. The zero-order valence-corrected chi connectivity index (χ0v) is 9.60. The molecule has 0 amide bonds. The Balaban J connectivity index is 1.65. The maximum atomic E-state index is 10.4. The van der Waals surface area contributed by atoms with Crippen LogP contribution in [-0.2, 0) is 4.74 Å². The Hall–Kier alpha value is -0.860. The van der Waals surface area contributed by atoms with Gasteiger partial charge in [-0.05, 0) is 23.8 Å². The van der Waals surface area contributed by atoms with Crippen LogP contribution in [0.5, 0.6) is 0 Å². The average molecular weight is 218 g/mol. The molecular weight excluding hydrogens is 200 g/mol. The van der Waals surface area contributed by atoms with Gasteiger partial charge in [0.1, 0.15) is 0 Å². The zero-order valence-electron chi connectivity index (χ0n) is 9.60. The monoisotopic (exact) mass is 218 g/mol. The highest BCUT2D eigenvalue weighted by molar-refractivity contribution is 5.28. The van der Waals surface area contributed by atoms with Crippen molar-refractivity contribution in [2.75, 3.05) is 7.11 Å². The summed E-state index contributed by atoms with van der Waals surface area (Å²) >= 11 is 0. The number of hydrogen-bond acceptors (Lipinski definition) is 2. The van der Waals surface area contributed by atoms with Crippen molar-refractivity contribution in [3.63, 3.8) is 0 Å². The van der Waals surface area contributed by atoms with Gasteiger partial charge in [-0.3, -0.25) is 0 Å². The van der Waals surface area contributed by atoms with Crippen LogP contribution in [0.15, 0.2) is 30.3 Å². The second-order valence-electron chi connectivity index (χ2n) is 5.23. The topological polar surface area (TPSA) is 29.5 Å². The summed E-state index contributed by atoms with van der Waals surface area (Å²) in [4.78, 5) is 0. The van der Waals surface area contributed by atoms with Crippen LogP contribution < -0.4 is 0 Å². The minimum Gasteiger partial charge on any atom is -0.389 e. The molecule has 2 aliphatic rings. The Bertz CT molecular complexity index is 368. The van der Waals surface area contributed by atoms with E-state index < -0.39 is 5.60 Å². The molecule has 86 valence electrons. The largest absolute Gasteiger partial charge is 0.389 e. The molecular formula is C14H18O2. The first kappa shape index (κ1) is 10.3. The molecule has 2 heteroatoms. The summed E-state index contributed by atoms with van der Waals surface area (Å²) in [7, 11) is 1.73. The van der Waals surface area contributed by atoms with Gasteiger partial charge in [-0.15, -0.1) is 0 Å². The van der Waals surface area contributed by atoms with Crippen LogP contribution in [0.4, 0.5) is 0 Å². The van der Waals surface area contributed by atoms with Gasteiger partial charge in [-0.25, -0.2) is 0 Å². The molecule has 1 N–H and O–H groups in total. The van der Waals surface area contributed by atoms with Gasteiger partial charge in [0.05, 0.1) is 11.7 Å². The minimum atomic E-state index is -0.443. The van der Waals surface area contributed by atoms with E-state index in [0.717, 1.165) is 19.3 Å². The summed E-state index contributed by atoms with van der Waals surface area (Å²) in [5.74, 6) is 1.03. The fourth-order valence-electron chi connectivity index (χ4n) is 3.06. The molecule has 0 bridgehead atoms. The highest BCUT2D eigenvalue weighted by Crippen LogP contribution is 2.59. The lowest BCUT2D eigenvalue weighted by Crippen LogP contribution is -2.50. The maximum absolute atomic E-state index is 10.4. The van der Waals surface area contributed by atoms with E-state index in [2.05, 4.69) is 24.3 Å². The first-order valence-corrected chi connectivity index (χ1v) is 6.03. The Kier molecular flexibility index (Phi) is 2.30. The Morgan fingerprint density at radius 2 is 1.94 bits per heavy atom. The van der Waals surface area contributed by atoms with Crippen LogP contribution in [0, 0.1) is 5.92 Å². The third-order valence-electron chi connectivity index (χ3n) is 4.20. The molecule has 0 radical (unpaired) electrons. The van der Waals surface area contributed by atoms with Crippen molar-refractivity contribution in [1.82, 2.24) is 0 Å². The van der Waals surface area contributed by atoms with E-state index in [4.69, 9.17) is 4.74 Å². The molecule has 3 rings (SSSR count). The van der Waals surface area contributed by atoms with E-state index in [1.165, 1.54) is 5.56 Å². The van der Waals surface area contributed by atoms with E-state index in [-0.39, 0.29) is 6.10 Å². The van der Waals surface area contributed by atoms with Crippen LogP contribution in [0.2, 0.25) is 0 Å². The van der Waals surface area contributed by atoms with Crippen molar-refractivity contribution < 1.29 is 9.84 Å². The maximum Gasteiger partial charge on any atom is 0.0731 e. The van der Waals surface area contributed by atoms with Crippen LogP contribution in [-0.4, -0.2) is 23.9 Å². The molecule has 2 saturated carbocycles. The lowest BCUT2D eigenvalue weighted by atomic mass is 9.73. The highest BCUT2D eigenvalue weighted by Gasteiger charge is 2.58. The third-order valence-corrected chi connectivity index (χ3v) is 4.20. The van der Waals surface area contributed by atoms with Gasteiger partial charge in [-0.2, -0.15) is 0 Å². The molecule has 1 aromatic rings. The van der Waals surface area contributed by atoms with Gasteiger partial charge in [-0.1, -0.05) is 30.3 Å². The van der Waals surface area contributed by atoms with Crippen molar-refractivity contribution in [1.29, 1.82) is 0 Å². The summed E-state index contributed by atoms with van der Waals surface area (Å²) in [6.45, 7) is 0. The Morgan fingerprint density at radius 1 is 1.25 bits per heavy atom. The lowest BCUT2D eigenvalue weighted by Gasteiger charge is -2.43.